The van der Waals surface area contributed by atoms with Crippen LogP contribution in [0.4, 0.5) is 0 Å². The highest BCUT2D eigenvalue weighted by molar-refractivity contribution is 9.10. The van der Waals surface area contributed by atoms with Crippen molar-refractivity contribution in [1.82, 2.24) is 9.88 Å². The molecule has 0 bridgehead atoms. The van der Waals surface area contributed by atoms with Crippen LogP contribution in [0.1, 0.15) is 43.1 Å². The highest BCUT2D eigenvalue weighted by Crippen LogP contribution is 2.20. The van der Waals surface area contributed by atoms with Gasteiger partial charge in [0.2, 0.25) is 0 Å². The van der Waals surface area contributed by atoms with Gasteiger partial charge in [-0.25, -0.2) is 0 Å². The van der Waals surface area contributed by atoms with Gasteiger partial charge in [-0.1, -0.05) is 12.8 Å². The molecule has 1 fully saturated rings. The third-order valence-electron chi connectivity index (χ3n) is 3.48. The summed E-state index contributed by atoms with van der Waals surface area (Å²) in [5.41, 5.74) is 0.690. The van der Waals surface area contributed by atoms with Crippen molar-refractivity contribution < 1.29 is 9.53 Å². The van der Waals surface area contributed by atoms with E-state index in [4.69, 9.17) is 4.74 Å². The van der Waals surface area contributed by atoms with E-state index in [1.165, 1.54) is 25.7 Å². The van der Waals surface area contributed by atoms with Crippen molar-refractivity contribution in [3.63, 3.8) is 0 Å². The zero-order valence-electron chi connectivity index (χ0n) is 11.3. The number of amides is 1. The van der Waals surface area contributed by atoms with Crippen molar-refractivity contribution in [2.24, 2.45) is 0 Å². The average molecular weight is 329 g/mol. The number of halogens is 1. The Morgan fingerprint density at radius 1 is 1.53 bits per heavy atom. The number of ether oxygens (including phenoxy) is 1. The number of rotatable bonds is 6. The molecular formula is C14H21BrN2O2. The van der Waals surface area contributed by atoms with Crippen molar-refractivity contribution in [3.05, 3.63) is 22.4 Å². The lowest BCUT2D eigenvalue weighted by Gasteiger charge is -2.12. The minimum atomic E-state index is -0.0393. The molecule has 1 N–H and O–H groups in total. The van der Waals surface area contributed by atoms with Crippen LogP contribution in [0.3, 0.4) is 0 Å². The Hall–Kier alpha value is -0.810. The van der Waals surface area contributed by atoms with E-state index in [0.29, 0.717) is 24.9 Å². The molecule has 2 rings (SSSR count). The van der Waals surface area contributed by atoms with E-state index in [2.05, 4.69) is 21.2 Å². The Morgan fingerprint density at radius 2 is 2.26 bits per heavy atom. The van der Waals surface area contributed by atoms with Crippen LogP contribution in [-0.2, 0) is 11.3 Å². The molecule has 0 spiro atoms. The van der Waals surface area contributed by atoms with Crippen LogP contribution in [-0.4, -0.2) is 29.7 Å². The van der Waals surface area contributed by atoms with Crippen LogP contribution in [0.25, 0.3) is 0 Å². The maximum absolute atomic E-state index is 12.0. The number of aromatic nitrogens is 1. The molecule has 1 saturated carbocycles. The van der Waals surface area contributed by atoms with Gasteiger partial charge in [-0.15, -0.1) is 0 Å². The van der Waals surface area contributed by atoms with Gasteiger partial charge in [0.05, 0.1) is 12.7 Å². The van der Waals surface area contributed by atoms with Gasteiger partial charge < -0.3 is 14.6 Å². The molecule has 5 heteroatoms. The molecule has 1 aliphatic rings. The Morgan fingerprint density at radius 3 is 2.95 bits per heavy atom. The summed E-state index contributed by atoms with van der Waals surface area (Å²) < 4.78 is 8.58. The van der Waals surface area contributed by atoms with Crippen molar-refractivity contribution in [1.29, 1.82) is 0 Å². The first-order chi connectivity index (χ1) is 9.20. The van der Waals surface area contributed by atoms with Crippen molar-refractivity contribution in [3.8, 4) is 0 Å². The van der Waals surface area contributed by atoms with Gasteiger partial charge in [-0.2, -0.15) is 0 Å². The summed E-state index contributed by atoms with van der Waals surface area (Å²) in [5.74, 6) is -0.0393. The molecule has 1 aromatic rings. The van der Waals surface area contributed by atoms with E-state index in [1.807, 2.05) is 23.8 Å². The second-order valence-corrected chi connectivity index (χ2v) is 5.78. The van der Waals surface area contributed by atoms with Gasteiger partial charge in [0.25, 0.3) is 5.91 Å². The highest BCUT2D eigenvalue weighted by atomic mass is 79.9. The number of aryl methyl sites for hydroxylation is 1. The van der Waals surface area contributed by atoms with E-state index in [-0.39, 0.29) is 5.91 Å². The maximum atomic E-state index is 12.0. The fourth-order valence-corrected chi connectivity index (χ4v) is 2.93. The molecule has 4 nitrogen and oxygen atoms in total. The van der Waals surface area contributed by atoms with E-state index >= 15 is 0 Å². The molecule has 1 aromatic heterocycles. The molecular weight excluding hydrogens is 308 g/mol. The molecule has 1 amide bonds. The number of nitrogens with one attached hydrogen (secondary N) is 1. The molecule has 19 heavy (non-hydrogen) atoms. The minimum Gasteiger partial charge on any atom is -0.376 e. The molecule has 1 heterocycles. The summed E-state index contributed by atoms with van der Waals surface area (Å²) >= 11 is 3.39. The fraction of sp³-hybridized carbons (Fsp3) is 0.643. The first-order valence-electron chi connectivity index (χ1n) is 6.96. The molecule has 0 aromatic carbocycles. The average Bonchev–Trinajstić information content (AvgIpc) is 3.03. The van der Waals surface area contributed by atoms with Crippen molar-refractivity contribution in [2.45, 2.75) is 45.3 Å². The predicted octanol–water partition coefficient (Wildman–Crippen LogP) is 2.96. The van der Waals surface area contributed by atoms with Crippen molar-refractivity contribution in [2.75, 3.05) is 13.2 Å². The molecule has 0 unspecified atom stereocenters. The zero-order valence-corrected chi connectivity index (χ0v) is 12.9. The lowest BCUT2D eigenvalue weighted by molar-refractivity contribution is 0.0580. The largest absolute Gasteiger partial charge is 0.376 e. The zero-order chi connectivity index (χ0) is 13.7. The predicted molar refractivity (Wildman–Crippen MR) is 78.3 cm³/mol. The van der Waals surface area contributed by atoms with Crippen LogP contribution in [0.15, 0.2) is 16.7 Å². The minimum absolute atomic E-state index is 0.0393. The summed E-state index contributed by atoms with van der Waals surface area (Å²) in [6, 6.07) is 1.84. The second kappa shape index (κ2) is 7.10. The number of hydrogen-bond acceptors (Lipinski definition) is 2. The number of hydrogen-bond donors (Lipinski definition) is 1. The van der Waals surface area contributed by atoms with Crippen LogP contribution in [0.5, 0.6) is 0 Å². The van der Waals surface area contributed by atoms with E-state index in [1.54, 1.807) is 0 Å². The first-order valence-corrected chi connectivity index (χ1v) is 7.75. The van der Waals surface area contributed by atoms with Gasteiger partial charge in [-0.3, -0.25) is 4.79 Å². The second-order valence-electron chi connectivity index (χ2n) is 4.86. The van der Waals surface area contributed by atoms with E-state index < -0.39 is 0 Å². The monoisotopic (exact) mass is 328 g/mol. The Labute approximate surface area is 122 Å². The summed E-state index contributed by atoms with van der Waals surface area (Å²) in [6.45, 7) is 3.98. The Kier molecular flexibility index (Phi) is 5.45. The number of nitrogens with zero attached hydrogens (tertiary/aromatic N) is 1. The standard InChI is InChI=1S/C14H21BrN2O2/c1-2-17-10-11(15)9-13(17)14(18)16-7-8-19-12-5-3-4-6-12/h9-10,12H,2-8H2,1H3,(H,16,18). The van der Waals surface area contributed by atoms with Crippen LogP contribution in [0, 0.1) is 0 Å². The summed E-state index contributed by atoms with van der Waals surface area (Å²) in [5, 5.41) is 2.91. The number of carbonyl (C=O) groups excluding carboxylic acids is 1. The third kappa shape index (κ3) is 4.08. The van der Waals surface area contributed by atoms with Crippen molar-refractivity contribution >= 4 is 21.8 Å². The normalized spacial score (nSPS) is 15.9. The summed E-state index contributed by atoms with van der Waals surface area (Å²) in [7, 11) is 0. The molecule has 0 atom stereocenters. The molecule has 0 radical (unpaired) electrons. The third-order valence-corrected chi connectivity index (χ3v) is 3.91. The van der Waals surface area contributed by atoms with Crippen LogP contribution < -0.4 is 5.32 Å². The van der Waals surface area contributed by atoms with E-state index in [0.717, 1.165) is 11.0 Å². The summed E-state index contributed by atoms with van der Waals surface area (Å²) in [4.78, 5) is 12.0. The quantitative estimate of drug-likeness (QED) is 0.816. The SMILES string of the molecule is CCn1cc(Br)cc1C(=O)NCCOC1CCCC1. The fourth-order valence-electron chi connectivity index (χ4n) is 2.46. The Bertz CT molecular complexity index is 425. The number of carbonyl (C=O) groups is 1. The topological polar surface area (TPSA) is 43.3 Å². The summed E-state index contributed by atoms with van der Waals surface area (Å²) in [6.07, 6.45) is 7.21. The van der Waals surface area contributed by atoms with Gasteiger partial charge in [-0.05, 0) is 41.8 Å². The van der Waals surface area contributed by atoms with Gasteiger partial charge in [0.1, 0.15) is 5.69 Å². The first kappa shape index (κ1) is 14.6. The van der Waals surface area contributed by atoms with Gasteiger partial charge >= 0.3 is 0 Å². The van der Waals surface area contributed by atoms with Gasteiger partial charge in [0, 0.05) is 23.8 Å². The lowest BCUT2D eigenvalue weighted by Crippen LogP contribution is -2.29. The maximum Gasteiger partial charge on any atom is 0.268 e. The van der Waals surface area contributed by atoms with Gasteiger partial charge in [0.15, 0.2) is 0 Å². The van der Waals surface area contributed by atoms with Crippen LogP contribution >= 0.6 is 15.9 Å². The lowest BCUT2D eigenvalue weighted by atomic mass is 10.3. The molecule has 106 valence electrons. The molecule has 0 aliphatic heterocycles. The molecule has 1 aliphatic carbocycles. The molecule has 0 saturated heterocycles. The Balaban J connectivity index is 1.74. The van der Waals surface area contributed by atoms with Crippen LogP contribution in [0.2, 0.25) is 0 Å². The van der Waals surface area contributed by atoms with E-state index in [9.17, 15) is 4.79 Å². The highest BCUT2D eigenvalue weighted by Gasteiger charge is 2.15. The smallest absolute Gasteiger partial charge is 0.268 e.